The van der Waals surface area contributed by atoms with E-state index in [1.54, 1.807) is 12.1 Å². The summed E-state index contributed by atoms with van der Waals surface area (Å²) >= 11 is 0. The molecule has 0 N–H and O–H groups in total. The summed E-state index contributed by atoms with van der Waals surface area (Å²) in [6.07, 6.45) is -1.32. The molecule has 0 unspecified atom stereocenters. The third kappa shape index (κ3) is 3.09. The van der Waals surface area contributed by atoms with Gasteiger partial charge in [0, 0.05) is 20.8 Å². The highest BCUT2D eigenvalue weighted by atomic mass is 32.2. The molecule has 1 saturated heterocycles. The highest BCUT2D eigenvalue weighted by Crippen LogP contribution is 2.31. The van der Waals surface area contributed by atoms with Crippen LogP contribution in [0, 0.1) is 0 Å². The lowest BCUT2D eigenvalue weighted by Crippen LogP contribution is -2.46. The number of fused-ring (bicyclic) bond motifs is 1. The van der Waals surface area contributed by atoms with Crippen LogP contribution < -0.4 is 0 Å². The molecule has 0 saturated carbocycles. The van der Waals surface area contributed by atoms with Crippen LogP contribution in [-0.4, -0.2) is 64.8 Å². The maximum atomic E-state index is 13.2. The maximum absolute atomic E-state index is 13.2. The number of esters is 1. The molecule has 0 aromatic heterocycles. The molecule has 0 spiro atoms. The van der Waals surface area contributed by atoms with Crippen molar-refractivity contribution in [2.24, 2.45) is 0 Å². The number of carbonyl (C=O) groups is 1. The van der Waals surface area contributed by atoms with Gasteiger partial charge >= 0.3 is 5.97 Å². The van der Waals surface area contributed by atoms with Crippen molar-refractivity contribution in [2.45, 2.75) is 23.1 Å². The van der Waals surface area contributed by atoms with Gasteiger partial charge in [0.25, 0.3) is 0 Å². The number of sulfonamides is 1. The van der Waals surface area contributed by atoms with Gasteiger partial charge in [0.15, 0.2) is 6.04 Å². The van der Waals surface area contributed by atoms with Crippen molar-refractivity contribution in [1.82, 2.24) is 4.31 Å². The fraction of sp³-hybridized carbons (Fsp3) is 0.389. The van der Waals surface area contributed by atoms with E-state index in [-0.39, 0.29) is 11.4 Å². The Balaban J connectivity index is 2.06. The van der Waals surface area contributed by atoms with E-state index in [1.807, 2.05) is 24.3 Å². The van der Waals surface area contributed by atoms with Crippen LogP contribution >= 0.6 is 0 Å². The Morgan fingerprint density at radius 2 is 1.73 bits per heavy atom. The van der Waals surface area contributed by atoms with Crippen molar-refractivity contribution in [1.29, 1.82) is 0 Å². The van der Waals surface area contributed by atoms with E-state index in [2.05, 4.69) is 0 Å². The lowest BCUT2D eigenvalue weighted by Gasteiger charge is -2.24. The Labute approximate surface area is 152 Å². The van der Waals surface area contributed by atoms with Crippen LogP contribution in [0.4, 0.5) is 0 Å². The SMILES string of the molecule is COC(=O)[C@H]1[C@H](OC)[C@H](OC)CN1S(=O)(=O)c1ccc2ccccc2c1. The Bertz CT molecular complexity index is 913. The fourth-order valence-electron chi connectivity index (χ4n) is 3.33. The van der Waals surface area contributed by atoms with Crippen LogP contribution in [0.3, 0.4) is 0 Å². The molecule has 3 rings (SSSR count). The highest BCUT2D eigenvalue weighted by molar-refractivity contribution is 7.89. The molecule has 1 aliphatic heterocycles. The van der Waals surface area contributed by atoms with Gasteiger partial charge in [-0.05, 0) is 22.9 Å². The van der Waals surface area contributed by atoms with E-state index in [4.69, 9.17) is 14.2 Å². The molecule has 0 radical (unpaired) electrons. The van der Waals surface area contributed by atoms with Gasteiger partial charge in [0.05, 0.1) is 18.1 Å². The molecule has 0 aliphatic carbocycles. The summed E-state index contributed by atoms with van der Waals surface area (Å²) in [5.74, 6) is -0.680. The van der Waals surface area contributed by atoms with Crippen LogP contribution in [0.5, 0.6) is 0 Å². The second-order valence-electron chi connectivity index (χ2n) is 6.03. The molecule has 1 fully saturated rings. The maximum Gasteiger partial charge on any atom is 0.327 e. The first-order chi connectivity index (χ1) is 12.4. The smallest absolute Gasteiger partial charge is 0.327 e. The number of methoxy groups -OCH3 is 3. The van der Waals surface area contributed by atoms with Crippen molar-refractivity contribution in [3.63, 3.8) is 0 Å². The van der Waals surface area contributed by atoms with Crippen LogP contribution in [0.2, 0.25) is 0 Å². The van der Waals surface area contributed by atoms with Gasteiger partial charge in [0.1, 0.15) is 6.10 Å². The van der Waals surface area contributed by atoms with Gasteiger partial charge in [0.2, 0.25) is 10.0 Å². The zero-order chi connectivity index (χ0) is 18.9. The van der Waals surface area contributed by atoms with Crippen molar-refractivity contribution in [2.75, 3.05) is 27.9 Å². The van der Waals surface area contributed by atoms with E-state index < -0.39 is 34.2 Å². The molecule has 7 nitrogen and oxygen atoms in total. The van der Waals surface area contributed by atoms with Crippen molar-refractivity contribution in [3.8, 4) is 0 Å². The normalized spacial score (nSPS) is 24.0. The Morgan fingerprint density at radius 1 is 1.04 bits per heavy atom. The predicted molar refractivity (Wildman–Crippen MR) is 95.2 cm³/mol. The molecule has 140 valence electrons. The first-order valence-corrected chi connectivity index (χ1v) is 9.52. The molecule has 1 heterocycles. The standard InChI is InChI=1S/C18H21NO6S/c1-23-15-11-19(16(17(15)24-2)18(20)25-3)26(21,22)14-9-8-12-6-4-5-7-13(12)10-14/h4-10,15-17H,11H2,1-3H3/t15-,16-,17-/m1/s1. The minimum absolute atomic E-state index is 0.00390. The van der Waals surface area contributed by atoms with Gasteiger partial charge in [-0.15, -0.1) is 0 Å². The quantitative estimate of drug-likeness (QED) is 0.731. The lowest BCUT2D eigenvalue weighted by molar-refractivity contribution is -0.148. The molecule has 2 aromatic rings. The average Bonchev–Trinajstić information content (AvgIpc) is 3.06. The molecule has 2 aromatic carbocycles. The van der Waals surface area contributed by atoms with Gasteiger partial charge in [-0.2, -0.15) is 4.31 Å². The van der Waals surface area contributed by atoms with E-state index in [0.717, 1.165) is 15.1 Å². The summed E-state index contributed by atoms with van der Waals surface area (Å²) in [5.41, 5.74) is 0. The zero-order valence-corrected chi connectivity index (χ0v) is 15.6. The number of ether oxygens (including phenoxy) is 3. The third-order valence-corrected chi connectivity index (χ3v) is 6.54. The Hall–Kier alpha value is -2.00. The summed E-state index contributed by atoms with van der Waals surface area (Å²) in [7, 11) is 0.141. The average molecular weight is 379 g/mol. The minimum atomic E-state index is -3.95. The van der Waals surface area contributed by atoms with Gasteiger partial charge < -0.3 is 14.2 Å². The van der Waals surface area contributed by atoms with Crippen molar-refractivity contribution < 1.29 is 27.4 Å². The van der Waals surface area contributed by atoms with Crippen LogP contribution in [0.15, 0.2) is 47.4 Å². The highest BCUT2D eigenvalue weighted by Gasteiger charge is 2.52. The third-order valence-electron chi connectivity index (χ3n) is 4.69. The molecular weight excluding hydrogens is 358 g/mol. The van der Waals surface area contributed by atoms with E-state index >= 15 is 0 Å². The van der Waals surface area contributed by atoms with Crippen molar-refractivity contribution in [3.05, 3.63) is 42.5 Å². The minimum Gasteiger partial charge on any atom is -0.468 e. The molecule has 0 amide bonds. The van der Waals surface area contributed by atoms with Gasteiger partial charge in [-0.25, -0.2) is 8.42 Å². The number of hydrogen-bond donors (Lipinski definition) is 0. The summed E-state index contributed by atoms with van der Waals surface area (Å²) in [5, 5.41) is 1.73. The summed E-state index contributed by atoms with van der Waals surface area (Å²) in [4.78, 5) is 12.4. The van der Waals surface area contributed by atoms with E-state index in [0.29, 0.717) is 0 Å². The van der Waals surface area contributed by atoms with Crippen LogP contribution in [-0.2, 0) is 29.0 Å². The largest absolute Gasteiger partial charge is 0.468 e. The van der Waals surface area contributed by atoms with Gasteiger partial charge in [-0.3, -0.25) is 4.79 Å². The number of nitrogens with zero attached hydrogens (tertiary/aromatic N) is 1. The second kappa shape index (κ2) is 7.32. The first kappa shape index (κ1) is 18.8. The monoisotopic (exact) mass is 379 g/mol. The lowest BCUT2D eigenvalue weighted by atomic mass is 10.1. The van der Waals surface area contributed by atoms with Crippen LogP contribution in [0.25, 0.3) is 10.8 Å². The van der Waals surface area contributed by atoms with Gasteiger partial charge in [-0.1, -0.05) is 30.3 Å². The topological polar surface area (TPSA) is 82.1 Å². The number of hydrogen-bond acceptors (Lipinski definition) is 6. The first-order valence-electron chi connectivity index (χ1n) is 8.08. The molecule has 0 bridgehead atoms. The molecule has 1 aliphatic rings. The molecular formula is C18H21NO6S. The van der Waals surface area contributed by atoms with Crippen molar-refractivity contribution >= 4 is 26.8 Å². The molecule has 8 heteroatoms. The number of benzene rings is 2. The van der Waals surface area contributed by atoms with E-state index in [1.165, 1.54) is 27.4 Å². The summed E-state index contributed by atoms with van der Waals surface area (Å²) < 4.78 is 43.1. The Kier molecular flexibility index (Phi) is 5.29. The predicted octanol–water partition coefficient (Wildman–Crippen LogP) is 1.42. The zero-order valence-electron chi connectivity index (χ0n) is 14.8. The Morgan fingerprint density at radius 3 is 2.35 bits per heavy atom. The fourth-order valence-corrected chi connectivity index (χ4v) is 4.97. The summed E-state index contributed by atoms with van der Waals surface area (Å²) in [6, 6.07) is 11.2. The number of rotatable bonds is 5. The van der Waals surface area contributed by atoms with E-state index in [9.17, 15) is 13.2 Å². The second-order valence-corrected chi connectivity index (χ2v) is 7.92. The molecule has 3 atom stereocenters. The molecule has 26 heavy (non-hydrogen) atoms. The number of carbonyl (C=O) groups excluding carboxylic acids is 1. The summed E-state index contributed by atoms with van der Waals surface area (Å²) in [6.45, 7) is 0.00390. The van der Waals surface area contributed by atoms with Crippen LogP contribution in [0.1, 0.15) is 0 Å².